The van der Waals surface area contributed by atoms with Crippen LogP contribution in [0.5, 0.6) is 0 Å². The van der Waals surface area contributed by atoms with Crippen LogP contribution in [-0.4, -0.2) is 18.4 Å². The molecule has 2 heterocycles. The Hall–Kier alpha value is -2.76. The molecule has 0 atom stereocenters. The van der Waals surface area contributed by atoms with Crippen LogP contribution in [0.2, 0.25) is 0 Å². The van der Waals surface area contributed by atoms with Gasteiger partial charge in [-0.2, -0.15) is 0 Å². The van der Waals surface area contributed by atoms with Crippen molar-refractivity contribution in [3.05, 3.63) is 58.7 Å². The number of rotatable bonds is 2. The molecule has 0 radical (unpaired) electrons. The fourth-order valence-corrected chi connectivity index (χ4v) is 3.57. The molecule has 2 amide bonds. The number of nitrogens with zero attached hydrogens (tertiary/aromatic N) is 1. The van der Waals surface area contributed by atoms with Gasteiger partial charge in [-0.15, -0.1) is 0 Å². The molecule has 128 valence electrons. The highest BCUT2D eigenvalue weighted by Gasteiger charge is 2.29. The average Bonchev–Trinajstić information content (AvgIpc) is 2.60. The molecule has 0 saturated carbocycles. The predicted octanol–water partition coefficient (Wildman–Crippen LogP) is 3.44. The van der Waals surface area contributed by atoms with Crippen molar-refractivity contribution in [2.24, 2.45) is 0 Å². The predicted molar refractivity (Wildman–Crippen MR) is 89.7 cm³/mol. The van der Waals surface area contributed by atoms with Gasteiger partial charge < -0.3 is 10.2 Å². The Kier molecular flexibility index (Phi) is 3.75. The van der Waals surface area contributed by atoms with Crippen LogP contribution in [0.4, 0.5) is 20.2 Å². The Morgan fingerprint density at radius 1 is 1.00 bits per heavy atom. The molecule has 6 heteroatoms. The third-order valence-corrected chi connectivity index (χ3v) is 4.71. The van der Waals surface area contributed by atoms with Crippen LogP contribution in [0, 0.1) is 11.6 Å². The monoisotopic (exact) mass is 342 g/mol. The van der Waals surface area contributed by atoms with Crippen LogP contribution in [0.1, 0.15) is 34.3 Å². The Morgan fingerprint density at radius 3 is 2.52 bits per heavy atom. The van der Waals surface area contributed by atoms with E-state index in [9.17, 15) is 18.4 Å². The molecule has 1 N–H and O–H groups in total. The summed E-state index contributed by atoms with van der Waals surface area (Å²) in [5.41, 5.74) is 3.73. The molecular formula is C19H16F2N2O2. The zero-order valence-corrected chi connectivity index (χ0v) is 13.4. The summed E-state index contributed by atoms with van der Waals surface area (Å²) in [5, 5.41) is 2.75. The van der Waals surface area contributed by atoms with E-state index in [-0.39, 0.29) is 11.5 Å². The van der Waals surface area contributed by atoms with Crippen molar-refractivity contribution in [3.63, 3.8) is 0 Å². The maximum Gasteiger partial charge on any atom is 0.255 e. The van der Waals surface area contributed by atoms with E-state index in [2.05, 4.69) is 5.32 Å². The number of anilines is 2. The van der Waals surface area contributed by atoms with Gasteiger partial charge in [0.25, 0.3) is 5.91 Å². The molecule has 0 unspecified atom stereocenters. The zero-order chi connectivity index (χ0) is 17.6. The average molecular weight is 342 g/mol. The van der Waals surface area contributed by atoms with Gasteiger partial charge in [-0.25, -0.2) is 8.78 Å². The lowest BCUT2D eigenvalue weighted by molar-refractivity contribution is -0.119. The second-order valence-corrected chi connectivity index (χ2v) is 6.38. The highest BCUT2D eigenvalue weighted by atomic mass is 19.2. The molecule has 0 saturated heterocycles. The molecule has 2 aliphatic heterocycles. The number of carbonyl (C=O) groups excluding carboxylic acids is 2. The number of carbonyl (C=O) groups is 2. The van der Waals surface area contributed by atoms with E-state index < -0.39 is 17.5 Å². The van der Waals surface area contributed by atoms with Gasteiger partial charge in [0.05, 0.1) is 5.69 Å². The van der Waals surface area contributed by atoms with Crippen LogP contribution in [0.15, 0.2) is 30.3 Å². The molecule has 25 heavy (non-hydrogen) atoms. The zero-order valence-electron chi connectivity index (χ0n) is 13.4. The van der Waals surface area contributed by atoms with E-state index in [0.29, 0.717) is 18.5 Å². The minimum Gasteiger partial charge on any atom is -0.322 e. The number of aryl methyl sites for hydroxylation is 2. The van der Waals surface area contributed by atoms with Gasteiger partial charge in [-0.1, -0.05) is 0 Å². The minimum atomic E-state index is -1.05. The van der Waals surface area contributed by atoms with Crippen LogP contribution >= 0.6 is 0 Å². The Bertz CT molecular complexity index is 878. The van der Waals surface area contributed by atoms with Crippen LogP contribution < -0.4 is 10.2 Å². The smallest absolute Gasteiger partial charge is 0.255 e. The summed E-state index contributed by atoms with van der Waals surface area (Å²) in [6, 6.07) is 6.79. The van der Waals surface area contributed by atoms with Crippen molar-refractivity contribution < 1.29 is 18.4 Å². The van der Waals surface area contributed by atoms with Gasteiger partial charge in [0.1, 0.15) is 0 Å². The van der Waals surface area contributed by atoms with Gasteiger partial charge in [-0.3, -0.25) is 9.59 Å². The third-order valence-electron chi connectivity index (χ3n) is 4.71. The Morgan fingerprint density at radius 2 is 1.76 bits per heavy atom. The van der Waals surface area contributed by atoms with Crippen LogP contribution in [-0.2, 0) is 17.6 Å². The topological polar surface area (TPSA) is 49.4 Å². The quantitative estimate of drug-likeness (QED) is 0.909. The first-order valence-electron chi connectivity index (χ1n) is 8.25. The standard InChI is InChI=1S/C19H16F2N2O2/c20-15-5-3-13(10-16(15)21)19(25)22-14-8-11-2-1-7-23-17(24)6-4-12(9-14)18(11)23/h3,5,8-10H,1-2,4,6-7H2,(H,22,25). The normalized spacial score (nSPS) is 15.8. The molecular weight excluding hydrogens is 326 g/mol. The highest BCUT2D eigenvalue weighted by molar-refractivity contribution is 6.05. The van der Waals surface area contributed by atoms with Gasteiger partial charge in [-0.05, 0) is 60.7 Å². The second-order valence-electron chi connectivity index (χ2n) is 6.38. The van der Waals surface area contributed by atoms with E-state index in [1.807, 2.05) is 17.0 Å². The van der Waals surface area contributed by atoms with E-state index >= 15 is 0 Å². The molecule has 4 nitrogen and oxygen atoms in total. The summed E-state index contributed by atoms with van der Waals surface area (Å²) in [4.78, 5) is 26.2. The summed E-state index contributed by atoms with van der Waals surface area (Å²) in [5.74, 6) is -2.39. The molecule has 2 aromatic carbocycles. The molecule has 4 rings (SSSR count). The van der Waals surface area contributed by atoms with Crippen LogP contribution in [0.3, 0.4) is 0 Å². The molecule has 0 aliphatic carbocycles. The lowest BCUT2D eigenvalue weighted by Crippen LogP contribution is -2.39. The first-order chi connectivity index (χ1) is 12.0. The maximum atomic E-state index is 13.3. The van der Waals surface area contributed by atoms with E-state index in [4.69, 9.17) is 0 Å². The Labute approximate surface area is 143 Å². The van der Waals surface area contributed by atoms with Crippen molar-refractivity contribution in [2.75, 3.05) is 16.8 Å². The van der Waals surface area contributed by atoms with Crippen LogP contribution in [0.25, 0.3) is 0 Å². The number of hydrogen-bond donors (Lipinski definition) is 1. The number of amides is 2. The van der Waals surface area contributed by atoms with Gasteiger partial charge in [0, 0.05) is 24.2 Å². The van der Waals surface area contributed by atoms with Gasteiger partial charge in [0.15, 0.2) is 11.6 Å². The summed E-state index contributed by atoms with van der Waals surface area (Å²) >= 11 is 0. The Balaban J connectivity index is 1.65. The van der Waals surface area contributed by atoms with E-state index in [1.165, 1.54) is 6.07 Å². The van der Waals surface area contributed by atoms with E-state index in [1.54, 1.807) is 0 Å². The lowest BCUT2D eigenvalue weighted by Gasteiger charge is -2.35. The van der Waals surface area contributed by atoms with E-state index in [0.717, 1.165) is 48.3 Å². The number of benzene rings is 2. The molecule has 0 fully saturated rings. The summed E-state index contributed by atoms with van der Waals surface area (Å²) in [6.45, 7) is 0.736. The largest absolute Gasteiger partial charge is 0.322 e. The van der Waals surface area contributed by atoms with Crippen molar-refractivity contribution in [1.29, 1.82) is 0 Å². The second kappa shape index (κ2) is 5.95. The maximum absolute atomic E-state index is 13.3. The molecule has 0 bridgehead atoms. The van der Waals surface area contributed by atoms with Crippen molar-refractivity contribution in [1.82, 2.24) is 0 Å². The number of nitrogens with one attached hydrogen (secondary N) is 1. The van der Waals surface area contributed by atoms with Gasteiger partial charge >= 0.3 is 0 Å². The van der Waals surface area contributed by atoms with Crippen molar-refractivity contribution in [3.8, 4) is 0 Å². The summed E-state index contributed by atoms with van der Waals surface area (Å²) in [6.07, 6.45) is 2.85. The molecule has 2 aromatic rings. The number of halogens is 2. The highest BCUT2D eigenvalue weighted by Crippen LogP contribution is 2.37. The fourth-order valence-electron chi connectivity index (χ4n) is 3.57. The SMILES string of the molecule is O=C(Nc1cc2c3c(c1)CCC(=O)N3CCC2)c1ccc(F)c(F)c1. The molecule has 2 aliphatic rings. The third kappa shape index (κ3) is 2.77. The minimum absolute atomic E-state index is 0.0575. The molecule has 0 aromatic heterocycles. The first kappa shape index (κ1) is 15.7. The van der Waals surface area contributed by atoms with Gasteiger partial charge in [0.2, 0.25) is 5.91 Å². The summed E-state index contributed by atoms with van der Waals surface area (Å²) in [7, 11) is 0. The lowest BCUT2D eigenvalue weighted by atomic mass is 9.91. The number of hydrogen-bond acceptors (Lipinski definition) is 2. The van der Waals surface area contributed by atoms with Crippen molar-refractivity contribution in [2.45, 2.75) is 25.7 Å². The fraction of sp³-hybridized carbons (Fsp3) is 0.263. The summed E-state index contributed by atoms with van der Waals surface area (Å²) < 4.78 is 26.3. The molecule has 0 spiro atoms. The van der Waals surface area contributed by atoms with Crippen molar-refractivity contribution >= 4 is 23.2 Å². The first-order valence-corrected chi connectivity index (χ1v) is 8.25.